The van der Waals surface area contributed by atoms with E-state index in [1.807, 2.05) is 0 Å². The van der Waals surface area contributed by atoms with E-state index in [1.165, 1.54) is 13.3 Å². The van der Waals surface area contributed by atoms with Crippen LogP contribution >= 0.6 is 0 Å². The zero-order valence-electron chi connectivity index (χ0n) is 11.3. The first kappa shape index (κ1) is 15.2. The van der Waals surface area contributed by atoms with Gasteiger partial charge < -0.3 is 25.3 Å². The van der Waals surface area contributed by atoms with E-state index in [2.05, 4.69) is 15.0 Å². The van der Waals surface area contributed by atoms with Crippen LogP contribution in [0.4, 0.5) is 11.5 Å². The molecular formula is C12H19N3O4. The second-order valence-electron chi connectivity index (χ2n) is 3.84. The van der Waals surface area contributed by atoms with Crippen molar-refractivity contribution in [2.45, 2.75) is 6.10 Å². The molecule has 3 N–H and O–H groups in total. The number of nitrogen functional groups attached to an aromatic ring is 1. The highest BCUT2D eigenvalue weighted by atomic mass is 16.5. The standard InChI is InChI=1S/C12H19N3O4/c1-17-7-8(18-2)5-14-11-4-9(12(16)19-3)10(13)6-15-11/h4,6,8H,5,7,13H2,1-3H3,(H,14,15). The smallest absolute Gasteiger partial charge is 0.340 e. The molecule has 1 aromatic rings. The average Bonchev–Trinajstić information content (AvgIpc) is 2.44. The molecule has 1 unspecified atom stereocenters. The molecule has 19 heavy (non-hydrogen) atoms. The second-order valence-corrected chi connectivity index (χ2v) is 3.84. The van der Waals surface area contributed by atoms with Crippen LogP contribution in [0.5, 0.6) is 0 Å². The third-order valence-electron chi connectivity index (χ3n) is 2.54. The fourth-order valence-electron chi connectivity index (χ4n) is 1.46. The van der Waals surface area contributed by atoms with Gasteiger partial charge in [-0.25, -0.2) is 9.78 Å². The van der Waals surface area contributed by atoms with Crippen molar-refractivity contribution < 1.29 is 19.0 Å². The van der Waals surface area contributed by atoms with Crippen molar-refractivity contribution in [3.63, 3.8) is 0 Å². The van der Waals surface area contributed by atoms with Crippen LogP contribution in [0, 0.1) is 0 Å². The summed E-state index contributed by atoms with van der Waals surface area (Å²) in [6, 6.07) is 1.54. The van der Waals surface area contributed by atoms with Crippen molar-refractivity contribution in [1.29, 1.82) is 0 Å². The van der Waals surface area contributed by atoms with Gasteiger partial charge >= 0.3 is 5.97 Å². The number of methoxy groups -OCH3 is 3. The first-order valence-electron chi connectivity index (χ1n) is 5.71. The van der Waals surface area contributed by atoms with Crippen LogP contribution in [0.25, 0.3) is 0 Å². The van der Waals surface area contributed by atoms with Crippen molar-refractivity contribution in [2.24, 2.45) is 0 Å². The molecule has 7 nitrogen and oxygen atoms in total. The summed E-state index contributed by atoms with van der Waals surface area (Å²) in [6.07, 6.45) is 1.30. The number of hydrogen-bond acceptors (Lipinski definition) is 7. The molecular weight excluding hydrogens is 250 g/mol. The van der Waals surface area contributed by atoms with E-state index in [-0.39, 0.29) is 17.4 Å². The lowest BCUT2D eigenvalue weighted by Crippen LogP contribution is -2.27. The lowest BCUT2D eigenvalue weighted by molar-refractivity contribution is 0.0365. The van der Waals surface area contributed by atoms with E-state index in [1.54, 1.807) is 20.3 Å². The van der Waals surface area contributed by atoms with Gasteiger partial charge in [-0.2, -0.15) is 0 Å². The number of nitrogens with one attached hydrogen (secondary N) is 1. The van der Waals surface area contributed by atoms with Crippen LogP contribution < -0.4 is 11.1 Å². The van der Waals surface area contributed by atoms with E-state index >= 15 is 0 Å². The van der Waals surface area contributed by atoms with Gasteiger partial charge in [-0.15, -0.1) is 0 Å². The molecule has 0 aliphatic heterocycles. The Bertz CT molecular complexity index is 425. The third-order valence-corrected chi connectivity index (χ3v) is 2.54. The number of carbonyl (C=O) groups excluding carboxylic acids is 1. The summed E-state index contributed by atoms with van der Waals surface area (Å²) in [7, 11) is 4.50. The largest absolute Gasteiger partial charge is 0.465 e. The van der Waals surface area contributed by atoms with Crippen molar-refractivity contribution >= 4 is 17.5 Å². The second kappa shape index (κ2) is 7.55. The summed E-state index contributed by atoms with van der Waals surface area (Å²) < 4.78 is 14.8. The quantitative estimate of drug-likeness (QED) is 0.697. The number of ether oxygens (including phenoxy) is 3. The van der Waals surface area contributed by atoms with Crippen LogP contribution in [0.1, 0.15) is 10.4 Å². The first-order valence-corrected chi connectivity index (χ1v) is 5.71. The van der Waals surface area contributed by atoms with Gasteiger partial charge in [0.2, 0.25) is 0 Å². The van der Waals surface area contributed by atoms with Crippen molar-refractivity contribution in [3.05, 3.63) is 17.8 Å². The van der Waals surface area contributed by atoms with Gasteiger partial charge in [0.25, 0.3) is 0 Å². The zero-order valence-corrected chi connectivity index (χ0v) is 11.3. The zero-order chi connectivity index (χ0) is 14.3. The average molecular weight is 269 g/mol. The highest BCUT2D eigenvalue weighted by Crippen LogP contribution is 2.15. The topological polar surface area (TPSA) is 95.7 Å². The Morgan fingerprint density at radius 2 is 2.21 bits per heavy atom. The van der Waals surface area contributed by atoms with Crippen molar-refractivity contribution in [3.8, 4) is 0 Å². The van der Waals surface area contributed by atoms with Crippen LogP contribution in [0.3, 0.4) is 0 Å². The fraction of sp³-hybridized carbons (Fsp3) is 0.500. The Kier molecular flexibility index (Phi) is 6.04. The molecule has 0 aromatic carbocycles. The molecule has 0 saturated heterocycles. The Morgan fingerprint density at radius 1 is 1.47 bits per heavy atom. The molecule has 106 valence electrons. The molecule has 0 bridgehead atoms. The molecule has 0 spiro atoms. The van der Waals surface area contributed by atoms with Gasteiger partial charge in [0.15, 0.2) is 0 Å². The maximum Gasteiger partial charge on any atom is 0.340 e. The molecule has 0 aliphatic carbocycles. The number of aromatic nitrogens is 1. The normalized spacial score (nSPS) is 11.9. The number of pyridine rings is 1. The van der Waals surface area contributed by atoms with Crippen LogP contribution in [0.15, 0.2) is 12.3 Å². The van der Waals surface area contributed by atoms with Gasteiger partial charge in [-0.05, 0) is 6.07 Å². The summed E-state index contributed by atoms with van der Waals surface area (Å²) in [5, 5.41) is 3.05. The number of esters is 1. The van der Waals surface area contributed by atoms with E-state index in [4.69, 9.17) is 15.2 Å². The minimum absolute atomic E-state index is 0.106. The van der Waals surface area contributed by atoms with Gasteiger partial charge in [0.1, 0.15) is 5.82 Å². The molecule has 0 radical (unpaired) electrons. The molecule has 1 rings (SSSR count). The maximum absolute atomic E-state index is 11.5. The molecule has 0 aliphatic rings. The minimum atomic E-state index is -0.497. The van der Waals surface area contributed by atoms with Gasteiger partial charge in [0.05, 0.1) is 37.3 Å². The summed E-state index contributed by atoms with van der Waals surface area (Å²) in [4.78, 5) is 15.6. The first-order chi connectivity index (χ1) is 9.12. The van der Waals surface area contributed by atoms with E-state index in [0.29, 0.717) is 19.0 Å². The molecule has 1 atom stereocenters. The van der Waals surface area contributed by atoms with Gasteiger partial charge in [-0.1, -0.05) is 0 Å². The lowest BCUT2D eigenvalue weighted by Gasteiger charge is -2.15. The number of nitrogens with zero attached hydrogens (tertiary/aromatic N) is 1. The Hall–Kier alpha value is -1.86. The van der Waals surface area contributed by atoms with Crippen molar-refractivity contribution in [2.75, 3.05) is 45.5 Å². The van der Waals surface area contributed by atoms with Gasteiger partial charge in [-0.3, -0.25) is 0 Å². The summed E-state index contributed by atoms with van der Waals surface area (Å²) >= 11 is 0. The number of nitrogens with two attached hydrogens (primary N) is 1. The van der Waals surface area contributed by atoms with Crippen molar-refractivity contribution in [1.82, 2.24) is 4.98 Å². The highest BCUT2D eigenvalue weighted by molar-refractivity contribution is 5.95. The van der Waals surface area contributed by atoms with E-state index < -0.39 is 5.97 Å². The van der Waals surface area contributed by atoms with Crippen LogP contribution in [0.2, 0.25) is 0 Å². The number of hydrogen-bond donors (Lipinski definition) is 2. The number of rotatable bonds is 7. The molecule has 1 heterocycles. The van der Waals surface area contributed by atoms with Crippen LogP contribution in [-0.2, 0) is 14.2 Å². The predicted octanol–water partition coefficient (Wildman–Crippen LogP) is 0.524. The third kappa shape index (κ3) is 4.38. The molecule has 0 saturated carbocycles. The Balaban J connectivity index is 2.71. The molecule has 0 amide bonds. The van der Waals surface area contributed by atoms with E-state index in [0.717, 1.165) is 0 Å². The fourth-order valence-corrected chi connectivity index (χ4v) is 1.46. The Labute approximate surface area is 112 Å². The SMILES string of the molecule is COCC(CNc1cc(C(=O)OC)c(N)cn1)OC. The summed E-state index contributed by atoms with van der Waals surface area (Å²) in [6.45, 7) is 0.963. The molecule has 7 heteroatoms. The molecule has 0 fully saturated rings. The number of anilines is 2. The van der Waals surface area contributed by atoms with Crippen LogP contribution in [-0.4, -0.2) is 51.5 Å². The monoisotopic (exact) mass is 269 g/mol. The highest BCUT2D eigenvalue weighted by Gasteiger charge is 2.12. The maximum atomic E-state index is 11.5. The number of carbonyl (C=O) groups is 1. The predicted molar refractivity (Wildman–Crippen MR) is 71.2 cm³/mol. The molecule has 1 aromatic heterocycles. The van der Waals surface area contributed by atoms with E-state index in [9.17, 15) is 4.79 Å². The van der Waals surface area contributed by atoms with Gasteiger partial charge in [0, 0.05) is 20.8 Å². The Morgan fingerprint density at radius 3 is 2.79 bits per heavy atom. The minimum Gasteiger partial charge on any atom is -0.465 e. The summed E-state index contributed by atoms with van der Waals surface area (Å²) in [5.74, 6) is 0.0240. The summed E-state index contributed by atoms with van der Waals surface area (Å²) in [5.41, 5.74) is 6.21. The lowest BCUT2D eigenvalue weighted by atomic mass is 10.2.